The van der Waals surface area contributed by atoms with E-state index in [2.05, 4.69) is 15.0 Å². The molecule has 0 spiro atoms. The van der Waals surface area contributed by atoms with Gasteiger partial charge < -0.3 is 19.1 Å². The van der Waals surface area contributed by atoms with Gasteiger partial charge in [0.15, 0.2) is 16.6 Å². The van der Waals surface area contributed by atoms with Crippen LogP contribution in [0.5, 0.6) is 0 Å². The number of halogens is 1. The van der Waals surface area contributed by atoms with Gasteiger partial charge in [-0.1, -0.05) is 32.4 Å². The summed E-state index contributed by atoms with van der Waals surface area (Å²) in [5, 5.41) is 15.4. The van der Waals surface area contributed by atoms with Crippen LogP contribution in [0.2, 0.25) is 5.15 Å². The highest BCUT2D eigenvalue weighted by molar-refractivity contribution is 7.87. The van der Waals surface area contributed by atoms with Crippen LogP contribution in [-0.2, 0) is 19.7 Å². The fourth-order valence-corrected chi connectivity index (χ4v) is 6.38. The summed E-state index contributed by atoms with van der Waals surface area (Å²) in [5.74, 6) is -1.53. The number of nitrogens with zero attached hydrogens (tertiary/aromatic N) is 5. The molecule has 182 valence electrons. The van der Waals surface area contributed by atoms with Gasteiger partial charge in [-0.05, 0) is 25.7 Å². The Balaban J connectivity index is 1.84. The lowest BCUT2D eigenvalue weighted by Crippen LogP contribution is -2.57. The summed E-state index contributed by atoms with van der Waals surface area (Å²) >= 11 is 6.16. The number of aromatic nitrogens is 4. The van der Waals surface area contributed by atoms with Crippen LogP contribution >= 0.6 is 11.6 Å². The third kappa shape index (κ3) is 4.16. The predicted octanol–water partition coefficient (Wildman–Crippen LogP) is 2.16. The number of imidazole rings is 1. The lowest BCUT2D eigenvalue weighted by atomic mass is 9.77. The molecule has 0 radical (unpaired) electrons. The fraction of sp³-hybridized carbons (Fsp3) is 0.684. The van der Waals surface area contributed by atoms with Crippen LogP contribution in [0.4, 0.5) is 4.79 Å². The quantitative estimate of drug-likeness (QED) is 0.596. The molecule has 12 nitrogen and oxygen atoms in total. The van der Waals surface area contributed by atoms with Crippen molar-refractivity contribution < 1.29 is 27.8 Å². The number of fused-ring (bicyclic) bond motifs is 2. The van der Waals surface area contributed by atoms with E-state index in [0.717, 1.165) is 0 Å². The molecule has 2 aromatic rings. The smallest absolute Gasteiger partial charge is 0.422 e. The maximum absolute atomic E-state index is 12.4. The minimum Gasteiger partial charge on any atom is -0.464 e. The van der Waals surface area contributed by atoms with Gasteiger partial charge in [0.05, 0.1) is 24.5 Å². The summed E-state index contributed by atoms with van der Waals surface area (Å²) in [4.78, 5) is 24.7. The summed E-state index contributed by atoms with van der Waals surface area (Å²) in [6.45, 7) is 8.81. The highest BCUT2D eigenvalue weighted by atomic mass is 35.5. The van der Waals surface area contributed by atoms with Crippen LogP contribution in [-0.4, -0.2) is 67.5 Å². The molecule has 2 aromatic heterocycles. The van der Waals surface area contributed by atoms with Gasteiger partial charge >= 0.3 is 16.3 Å². The van der Waals surface area contributed by atoms with Gasteiger partial charge in [0.25, 0.3) is 0 Å². The first-order chi connectivity index (χ1) is 15.1. The van der Waals surface area contributed by atoms with E-state index >= 15 is 0 Å². The second-order valence-corrected chi connectivity index (χ2v) is 11.7. The minimum atomic E-state index is -4.57. The van der Waals surface area contributed by atoms with E-state index in [1.54, 1.807) is 45.5 Å². The van der Waals surface area contributed by atoms with Gasteiger partial charge in [-0.2, -0.15) is 12.7 Å². The second kappa shape index (κ2) is 7.73. The molecule has 33 heavy (non-hydrogen) atoms. The zero-order valence-electron chi connectivity index (χ0n) is 18.8. The maximum atomic E-state index is 12.4. The standard InChI is InChI=1S/C19H27ClN6O6S/c1-18(2,3)14(26(17(27)28)33(21,29)30)9-6-10(13-12(9)31-19(4,5)32-13)25-8-24-11-15(20)22-7-23-16(11)25/h7-10,12-14H,6H2,1-5H3,(H,27,28)(H2,21,29,30)/t9-,10+,12+,13-,14?/m0/s1. The van der Waals surface area contributed by atoms with Crippen LogP contribution < -0.4 is 5.14 Å². The zero-order chi connectivity index (χ0) is 24.5. The van der Waals surface area contributed by atoms with Gasteiger partial charge in [-0.15, -0.1) is 0 Å². The molecule has 0 aromatic carbocycles. The molecule has 2 aliphatic rings. The third-order valence-corrected chi connectivity index (χ3v) is 7.37. The molecule has 14 heteroatoms. The van der Waals surface area contributed by atoms with Crippen molar-refractivity contribution in [2.45, 2.75) is 71.1 Å². The van der Waals surface area contributed by atoms with Crippen LogP contribution in [0, 0.1) is 11.3 Å². The predicted molar refractivity (Wildman–Crippen MR) is 118 cm³/mol. The first kappa shape index (κ1) is 24.1. The number of rotatable bonds is 4. The molecule has 1 unspecified atom stereocenters. The van der Waals surface area contributed by atoms with Crippen molar-refractivity contribution in [2.24, 2.45) is 16.5 Å². The average molecular weight is 503 g/mol. The van der Waals surface area contributed by atoms with Crippen molar-refractivity contribution in [3.63, 3.8) is 0 Å². The second-order valence-electron chi connectivity index (χ2n) is 9.95. The Morgan fingerprint density at radius 1 is 1.30 bits per heavy atom. The average Bonchev–Trinajstić information content (AvgIpc) is 3.28. The van der Waals surface area contributed by atoms with Crippen molar-refractivity contribution in [1.29, 1.82) is 0 Å². The Morgan fingerprint density at radius 3 is 2.52 bits per heavy atom. The topological polar surface area (TPSA) is 163 Å². The number of carbonyl (C=O) groups is 1. The monoisotopic (exact) mass is 502 g/mol. The Bertz CT molecular complexity index is 1200. The first-order valence-corrected chi connectivity index (χ1v) is 12.2. The number of hydrogen-bond donors (Lipinski definition) is 2. The molecule has 1 aliphatic heterocycles. The van der Waals surface area contributed by atoms with Crippen molar-refractivity contribution >= 4 is 39.1 Å². The molecule has 3 heterocycles. The third-order valence-electron chi connectivity index (χ3n) is 6.16. The van der Waals surface area contributed by atoms with Crippen LogP contribution in [0.3, 0.4) is 0 Å². The Morgan fingerprint density at radius 2 is 1.94 bits per heavy atom. The van der Waals surface area contributed by atoms with Crippen LogP contribution in [0.25, 0.3) is 11.2 Å². The summed E-state index contributed by atoms with van der Waals surface area (Å²) < 4.78 is 39.3. The maximum Gasteiger partial charge on any atom is 0.422 e. The lowest BCUT2D eigenvalue weighted by Gasteiger charge is -2.42. The van der Waals surface area contributed by atoms with Gasteiger partial charge in [0.2, 0.25) is 0 Å². The molecule has 1 saturated carbocycles. The highest BCUT2D eigenvalue weighted by Gasteiger charge is 2.60. The van der Waals surface area contributed by atoms with E-state index in [-0.39, 0.29) is 11.2 Å². The van der Waals surface area contributed by atoms with Crippen LogP contribution in [0.15, 0.2) is 12.7 Å². The molecular formula is C19H27ClN6O6S. The molecular weight excluding hydrogens is 476 g/mol. The lowest BCUT2D eigenvalue weighted by molar-refractivity contribution is -0.163. The zero-order valence-corrected chi connectivity index (χ0v) is 20.4. The highest BCUT2D eigenvalue weighted by Crippen LogP contribution is 2.52. The van der Waals surface area contributed by atoms with E-state index in [4.69, 9.17) is 26.2 Å². The number of ether oxygens (including phenoxy) is 2. The normalized spacial score (nSPS) is 28.1. The molecule has 3 N–H and O–H groups in total. The molecule has 2 fully saturated rings. The number of amides is 1. The molecule has 5 atom stereocenters. The largest absolute Gasteiger partial charge is 0.464 e. The summed E-state index contributed by atoms with van der Waals surface area (Å²) in [7, 11) is -4.57. The van der Waals surface area contributed by atoms with Crippen molar-refractivity contribution in [3.05, 3.63) is 17.8 Å². The van der Waals surface area contributed by atoms with Gasteiger partial charge in [0, 0.05) is 5.92 Å². The fourth-order valence-electron chi connectivity index (χ4n) is 5.19. The summed E-state index contributed by atoms with van der Waals surface area (Å²) in [6.07, 6.45) is 0.464. The number of carboxylic acid groups (broad SMARTS) is 1. The summed E-state index contributed by atoms with van der Waals surface area (Å²) in [6, 6.07) is -1.40. The van der Waals surface area contributed by atoms with E-state index < -0.39 is 51.7 Å². The number of nitrogens with two attached hydrogens (primary N) is 1. The molecule has 1 saturated heterocycles. The van der Waals surface area contributed by atoms with Gasteiger partial charge in [-0.3, -0.25) is 0 Å². The van der Waals surface area contributed by atoms with E-state index in [9.17, 15) is 18.3 Å². The molecule has 0 bridgehead atoms. The van der Waals surface area contributed by atoms with Gasteiger partial charge in [-0.25, -0.2) is 24.9 Å². The van der Waals surface area contributed by atoms with Crippen molar-refractivity contribution in [3.8, 4) is 0 Å². The first-order valence-electron chi connectivity index (χ1n) is 10.4. The number of hydrogen-bond acceptors (Lipinski definition) is 8. The van der Waals surface area contributed by atoms with Crippen molar-refractivity contribution in [1.82, 2.24) is 23.8 Å². The van der Waals surface area contributed by atoms with E-state index in [1.165, 1.54) is 6.33 Å². The Hall–Kier alpha value is -2.06. The molecule has 4 rings (SSSR count). The minimum absolute atomic E-state index is 0.201. The van der Waals surface area contributed by atoms with E-state index in [0.29, 0.717) is 21.9 Å². The molecule has 1 amide bonds. The SMILES string of the molecule is CC1(C)O[C@@H]2[C@H](O1)[C@@H](C(N(C(=O)O)S(N)(=O)=O)C(C)(C)C)C[C@H]2n1cnc2c(Cl)ncnc21. The van der Waals surface area contributed by atoms with E-state index in [1.807, 2.05) is 0 Å². The van der Waals surface area contributed by atoms with Crippen LogP contribution in [0.1, 0.15) is 47.1 Å². The Labute approximate surface area is 196 Å². The van der Waals surface area contributed by atoms with Crippen molar-refractivity contribution in [2.75, 3.05) is 0 Å². The molecule has 1 aliphatic carbocycles. The summed E-state index contributed by atoms with van der Waals surface area (Å²) in [5.41, 5.74) is 0.107. The van der Waals surface area contributed by atoms with Gasteiger partial charge in [0.1, 0.15) is 17.9 Å². The Kier molecular flexibility index (Phi) is 5.64.